The van der Waals surface area contributed by atoms with Crippen LogP contribution in [0.25, 0.3) is 22.7 Å². The second kappa shape index (κ2) is 4.10. The van der Waals surface area contributed by atoms with Crippen LogP contribution < -0.4 is 0 Å². The molecule has 0 bridgehead atoms. The van der Waals surface area contributed by atoms with Gasteiger partial charge < -0.3 is 4.42 Å². The molecule has 0 saturated heterocycles. The van der Waals surface area contributed by atoms with Crippen LogP contribution in [0.15, 0.2) is 47.1 Å². The lowest BCUT2D eigenvalue weighted by atomic mass is 10.1. The van der Waals surface area contributed by atoms with Crippen molar-refractivity contribution in [3.63, 3.8) is 0 Å². The first-order valence-corrected chi connectivity index (χ1v) is 5.45. The Morgan fingerprint density at radius 1 is 1.17 bits per heavy atom. The van der Waals surface area contributed by atoms with Gasteiger partial charge in [-0.05, 0) is 11.6 Å². The quantitative estimate of drug-likeness (QED) is 0.695. The fraction of sp³-hybridized carbons (Fsp3) is 0.0769. The van der Waals surface area contributed by atoms with Crippen molar-refractivity contribution in [3.05, 3.63) is 48.7 Å². The van der Waals surface area contributed by atoms with E-state index in [1.807, 2.05) is 30.3 Å². The maximum Gasteiger partial charge on any atom is 0.307 e. The Balaban J connectivity index is 1.99. The number of aromatic nitrogens is 3. The van der Waals surface area contributed by atoms with Gasteiger partial charge >= 0.3 is 6.08 Å². The highest BCUT2D eigenvalue weighted by Gasteiger charge is 2.13. The number of furan rings is 1. The molecule has 1 aromatic carbocycles. The lowest BCUT2D eigenvalue weighted by Gasteiger charge is -1.92. The highest BCUT2D eigenvalue weighted by Crippen LogP contribution is 2.26. The SMILES string of the molecule is Cn1nc(-c2cc(-c3ccccc3)co2)nc1F. The molecular weight excluding hydrogens is 233 g/mol. The summed E-state index contributed by atoms with van der Waals surface area (Å²) in [5, 5.41) is 3.92. The summed E-state index contributed by atoms with van der Waals surface area (Å²) in [6.45, 7) is 0. The summed E-state index contributed by atoms with van der Waals surface area (Å²) in [5.74, 6) is 0.700. The van der Waals surface area contributed by atoms with Crippen molar-refractivity contribution in [2.75, 3.05) is 0 Å². The predicted octanol–water partition coefficient (Wildman–Crippen LogP) is 2.88. The van der Waals surface area contributed by atoms with Gasteiger partial charge in [0, 0.05) is 12.6 Å². The number of nitrogens with zero attached hydrogens (tertiary/aromatic N) is 3. The lowest BCUT2D eigenvalue weighted by Crippen LogP contribution is -1.93. The van der Waals surface area contributed by atoms with Gasteiger partial charge in [0.15, 0.2) is 5.76 Å². The molecule has 5 heteroatoms. The van der Waals surface area contributed by atoms with Crippen LogP contribution in [0.1, 0.15) is 0 Å². The van der Waals surface area contributed by atoms with E-state index in [2.05, 4.69) is 10.1 Å². The van der Waals surface area contributed by atoms with Gasteiger partial charge in [-0.3, -0.25) is 0 Å². The first-order chi connectivity index (χ1) is 8.74. The average molecular weight is 243 g/mol. The summed E-state index contributed by atoms with van der Waals surface area (Å²) in [5.41, 5.74) is 1.95. The standard InChI is InChI=1S/C13H10FN3O/c1-17-13(14)15-12(16-17)11-7-10(8-18-11)9-5-3-2-4-6-9/h2-8H,1H3. The largest absolute Gasteiger partial charge is 0.460 e. The molecule has 4 nitrogen and oxygen atoms in total. The number of rotatable bonds is 2. The van der Waals surface area contributed by atoms with Crippen LogP contribution in [0.2, 0.25) is 0 Å². The molecule has 3 aromatic rings. The van der Waals surface area contributed by atoms with Crippen LogP contribution in [0.5, 0.6) is 0 Å². The molecule has 0 N–H and O–H groups in total. The van der Waals surface area contributed by atoms with E-state index in [0.717, 1.165) is 15.8 Å². The van der Waals surface area contributed by atoms with Crippen LogP contribution >= 0.6 is 0 Å². The van der Waals surface area contributed by atoms with E-state index in [1.54, 1.807) is 12.3 Å². The average Bonchev–Trinajstić information content (AvgIpc) is 2.99. The van der Waals surface area contributed by atoms with Crippen LogP contribution in [-0.2, 0) is 7.05 Å². The van der Waals surface area contributed by atoms with E-state index in [4.69, 9.17) is 4.42 Å². The fourth-order valence-corrected chi connectivity index (χ4v) is 1.71. The molecule has 2 heterocycles. The molecule has 0 saturated carbocycles. The van der Waals surface area contributed by atoms with Crippen molar-refractivity contribution in [3.8, 4) is 22.7 Å². The molecule has 18 heavy (non-hydrogen) atoms. The maximum absolute atomic E-state index is 13.1. The van der Waals surface area contributed by atoms with Crippen LogP contribution in [-0.4, -0.2) is 14.8 Å². The molecule has 2 aromatic heterocycles. The van der Waals surface area contributed by atoms with Gasteiger partial charge in [-0.25, -0.2) is 4.68 Å². The van der Waals surface area contributed by atoms with E-state index < -0.39 is 6.08 Å². The van der Waals surface area contributed by atoms with Crippen molar-refractivity contribution in [1.82, 2.24) is 14.8 Å². The second-order valence-corrected chi connectivity index (χ2v) is 3.89. The maximum atomic E-state index is 13.1. The monoisotopic (exact) mass is 243 g/mol. The zero-order valence-electron chi connectivity index (χ0n) is 9.67. The number of aryl methyl sites for hydroxylation is 1. The summed E-state index contributed by atoms with van der Waals surface area (Å²) in [6.07, 6.45) is 0.974. The normalized spacial score (nSPS) is 10.8. The minimum absolute atomic E-state index is 0.247. The Bertz CT molecular complexity index is 653. The number of halogens is 1. The molecule has 0 aliphatic carbocycles. The van der Waals surface area contributed by atoms with Crippen molar-refractivity contribution in [2.45, 2.75) is 0 Å². The third-order valence-corrected chi connectivity index (χ3v) is 2.64. The molecule has 90 valence electrons. The molecule has 0 atom stereocenters. The summed E-state index contributed by atoms with van der Waals surface area (Å²) in [6, 6.07) is 11.6. The van der Waals surface area contributed by atoms with Crippen molar-refractivity contribution in [2.24, 2.45) is 7.05 Å². The van der Waals surface area contributed by atoms with Gasteiger partial charge in [0.05, 0.1) is 6.26 Å². The van der Waals surface area contributed by atoms with Crippen LogP contribution in [0.3, 0.4) is 0 Å². The molecule has 0 unspecified atom stereocenters. The Hall–Kier alpha value is -2.43. The van der Waals surface area contributed by atoms with Gasteiger partial charge in [0.25, 0.3) is 0 Å². The fourth-order valence-electron chi connectivity index (χ4n) is 1.71. The van der Waals surface area contributed by atoms with Gasteiger partial charge in [-0.15, -0.1) is 5.10 Å². The second-order valence-electron chi connectivity index (χ2n) is 3.89. The van der Waals surface area contributed by atoms with Crippen molar-refractivity contribution in [1.29, 1.82) is 0 Å². The summed E-state index contributed by atoms with van der Waals surface area (Å²) < 4.78 is 19.5. The summed E-state index contributed by atoms with van der Waals surface area (Å²) >= 11 is 0. The smallest absolute Gasteiger partial charge is 0.307 e. The third kappa shape index (κ3) is 1.79. The zero-order chi connectivity index (χ0) is 12.5. The molecular formula is C13H10FN3O. The van der Waals surface area contributed by atoms with Gasteiger partial charge in [0.2, 0.25) is 5.82 Å². The van der Waals surface area contributed by atoms with E-state index in [1.165, 1.54) is 7.05 Å². The van der Waals surface area contributed by atoms with Crippen molar-refractivity contribution < 1.29 is 8.81 Å². The molecule has 3 rings (SSSR count). The molecule has 0 amide bonds. The number of benzene rings is 1. The highest BCUT2D eigenvalue weighted by molar-refractivity contribution is 5.66. The Labute approximate surface area is 103 Å². The van der Waals surface area contributed by atoms with E-state index in [9.17, 15) is 4.39 Å². The topological polar surface area (TPSA) is 43.9 Å². The van der Waals surface area contributed by atoms with Gasteiger partial charge in [-0.2, -0.15) is 9.37 Å². The summed E-state index contributed by atoms with van der Waals surface area (Å²) in [7, 11) is 1.49. The highest BCUT2D eigenvalue weighted by atomic mass is 19.1. The van der Waals surface area contributed by atoms with Crippen molar-refractivity contribution >= 4 is 0 Å². The van der Waals surface area contributed by atoms with Gasteiger partial charge in [0.1, 0.15) is 0 Å². The number of hydrogen-bond acceptors (Lipinski definition) is 3. The van der Waals surface area contributed by atoms with Crippen LogP contribution in [0.4, 0.5) is 4.39 Å². The molecule has 0 aliphatic rings. The van der Waals surface area contributed by atoms with E-state index >= 15 is 0 Å². The molecule has 0 radical (unpaired) electrons. The Kier molecular flexibility index (Phi) is 2.44. The van der Waals surface area contributed by atoms with E-state index in [0.29, 0.717) is 5.76 Å². The first-order valence-electron chi connectivity index (χ1n) is 5.45. The number of hydrogen-bond donors (Lipinski definition) is 0. The Morgan fingerprint density at radius 2 is 1.94 bits per heavy atom. The summed E-state index contributed by atoms with van der Waals surface area (Å²) in [4.78, 5) is 3.68. The lowest BCUT2D eigenvalue weighted by molar-refractivity contribution is 0.477. The predicted molar refractivity (Wildman–Crippen MR) is 64.1 cm³/mol. The van der Waals surface area contributed by atoms with Crippen LogP contribution in [0, 0.1) is 6.08 Å². The minimum Gasteiger partial charge on any atom is -0.460 e. The molecule has 0 fully saturated rings. The van der Waals surface area contributed by atoms with E-state index in [-0.39, 0.29) is 5.82 Å². The molecule has 0 spiro atoms. The first kappa shape index (κ1) is 10.7. The Morgan fingerprint density at radius 3 is 2.61 bits per heavy atom. The molecule has 0 aliphatic heterocycles. The third-order valence-electron chi connectivity index (χ3n) is 2.64. The van der Waals surface area contributed by atoms with Gasteiger partial charge in [-0.1, -0.05) is 30.3 Å². The minimum atomic E-state index is -0.636. The zero-order valence-corrected chi connectivity index (χ0v) is 9.67.